The van der Waals surface area contributed by atoms with Crippen molar-refractivity contribution in [3.05, 3.63) is 0 Å². The summed E-state index contributed by atoms with van der Waals surface area (Å²) in [5.41, 5.74) is 0.782. The summed E-state index contributed by atoms with van der Waals surface area (Å²) in [7, 11) is 0. The predicted molar refractivity (Wildman–Crippen MR) is 120 cm³/mol. The topological polar surface area (TPSA) is 0 Å². The Morgan fingerprint density at radius 1 is 0.481 bits per heavy atom. The van der Waals surface area contributed by atoms with Crippen molar-refractivity contribution in [1.29, 1.82) is 0 Å². The molecule has 0 aromatic heterocycles. The van der Waals surface area contributed by atoms with Gasteiger partial charge in [0.25, 0.3) is 0 Å². The highest BCUT2D eigenvalue weighted by atomic mass is 14.6. The first kappa shape index (κ1) is 21.7. The van der Waals surface area contributed by atoms with Crippen molar-refractivity contribution in [2.45, 2.75) is 148 Å². The SMILES string of the molecule is CCCCCCCCCCCC(C1CCCC1)(C1CCCC1)C1CCCC1. The van der Waals surface area contributed by atoms with E-state index in [-0.39, 0.29) is 0 Å². The Labute approximate surface area is 171 Å². The first-order valence-electron chi connectivity index (χ1n) is 13.4. The van der Waals surface area contributed by atoms with Crippen LogP contribution in [0.1, 0.15) is 148 Å². The molecule has 0 amide bonds. The lowest BCUT2D eigenvalue weighted by molar-refractivity contribution is -0.00658. The van der Waals surface area contributed by atoms with Crippen LogP contribution in [0.15, 0.2) is 0 Å². The minimum atomic E-state index is 0.782. The Hall–Kier alpha value is 0. The average molecular weight is 375 g/mol. The highest BCUT2D eigenvalue weighted by Crippen LogP contribution is 2.60. The Morgan fingerprint density at radius 3 is 1.19 bits per heavy atom. The third-order valence-electron chi connectivity index (χ3n) is 9.06. The van der Waals surface area contributed by atoms with Gasteiger partial charge >= 0.3 is 0 Å². The Balaban J connectivity index is 1.51. The summed E-state index contributed by atoms with van der Waals surface area (Å²) in [6.45, 7) is 2.32. The van der Waals surface area contributed by atoms with Crippen LogP contribution in [0.4, 0.5) is 0 Å². The Kier molecular flexibility index (Phi) is 9.54. The van der Waals surface area contributed by atoms with E-state index in [2.05, 4.69) is 6.92 Å². The molecule has 0 bridgehead atoms. The van der Waals surface area contributed by atoms with Crippen LogP contribution in [0.2, 0.25) is 0 Å². The van der Waals surface area contributed by atoms with E-state index in [4.69, 9.17) is 0 Å². The summed E-state index contributed by atoms with van der Waals surface area (Å²) in [4.78, 5) is 0. The summed E-state index contributed by atoms with van der Waals surface area (Å²) >= 11 is 0. The molecule has 3 aliphatic rings. The van der Waals surface area contributed by atoms with Crippen molar-refractivity contribution in [2.75, 3.05) is 0 Å². The fourth-order valence-electron chi connectivity index (χ4n) is 7.74. The average Bonchev–Trinajstić information content (AvgIpc) is 3.46. The van der Waals surface area contributed by atoms with Gasteiger partial charge in [0.15, 0.2) is 0 Å². The molecule has 0 aromatic carbocycles. The number of hydrogen-bond donors (Lipinski definition) is 0. The van der Waals surface area contributed by atoms with E-state index >= 15 is 0 Å². The molecule has 0 N–H and O–H groups in total. The molecule has 27 heavy (non-hydrogen) atoms. The second-order valence-electron chi connectivity index (χ2n) is 10.6. The lowest BCUT2D eigenvalue weighted by Gasteiger charge is -2.49. The summed E-state index contributed by atoms with van der Waals surface area (Å²) < 4.78 is 0. The van der Waals surface area contributed by atoms with Crippen molar-refractivity contribution < 1.29 is 0 Å². The second kappa shape index (κ2) is 11.9. The summed E-state index contributed by atoms with van der Waals surface area (Å²) in [6.07, 6.45) is 33.8. The molecule has 0 heterocycles. The Bertz CT molecular complexity index is 325. The van der Waals surface area contributed by atoms with E-state index in [1.807, 2.05) is 0 Å². The third-order valence-corrected chi connectivity index (χ3v) is 9.06. The zero-order valence-corrected chi connectivity index (χ0v) is 18.8. The van der Waals surface area contributed by atoms with E-state index in [0.717, 1.165) is 23.2 Å². The minimum Gasteiger partial charge on any atom is -0.0654 e. The molecule has 0 atom stereocenters. The highest BCUT2D eigenvalue weighted by molar-refractivity contribution is 5.00. The maximum atomic E-state index is 2.32. The molecular formula is C27H50. The van der Waals surface area contributed by atoms with Crippen LogP contribution in [0.3, 0.4) is 0 Å². The zero-order chi connectivity index (χ0) is 18.8. The molecule has 3 rings (SSSR count). The van der Waals surface area contributed by atoms with Gasteiger partial charge in [-0.1, -0.05) is 103 Å². The first-order valence-corrected chi connectivity index (χ1v) is 13.4. The van der Waals surface area contributed by atoms with E-state index in [0.29, 0.717) is 0 Å². The smallest absolute Gasteiger partial charge is 0.0213 e. The minimum absolute atomic E-state index is 0.782. The normalized spacial score (nSPS) is 23.0. The molecule has 3 saturated carbocycles. The van der Waals surface area contributed by atoms with Gasteiger partial charge in [-0.25, -0.2) is 0 Å². The van der Waals surface area contributed by atoms with Crippen LogP contribution < -0.4 is 0 Å². The molecule has 3 fully saturated rings. The van der Waals surface area contributed by atoms with Crippen molar-refractivity contribution in [2.24, 2.45) is 23.2 Å². The van der Waals surface area contributed by atoms with E-state index in [9.17, 15) is 0 Å². The molecule has 158 valence electrons. The van der Waals surface area contributed by atoms with Gasteiger partial charge < -0.3 is 0 Å². The molecule has 0 heteroatoms. The van der Waals surface area contributed by atoms with Crippen LogP contribution in [0.5, 0.6) is 0 Å². The second-order valence-corrected chi connectivity index (χ2v) is 10.6. The number of unbranched alkanes of at least 4 members (excludes halogenated alkanes) is 8. The fourth-order valence-corrected chi connectivity index (χ4v) is 7.74. The van der Waals surface area contributed by atoms with Crippen LogP contribution in [0, 0.1) is 23.2 Å². The monoisotopic (exact) mass is 374 g/mol. The standard InChI is InChI=1S/C27H50/c1-2-3-4-5-6-7-8-9-16-23-27(24-17-10-11-18-24,25-19-12-13-20-25)26-21-14-15-22-26/h24-26H,2-23H2,1H3. The lowest BCUT2D eigenvalue weighted by Crippen LogP contribution is -2.42. The molecule has 0 radical (unpaired) electrons. The molecule has 0 saturated heterocycles. The molecule has 0 aromatic rings. The number of hydrogen-bond acceptors (Lipinski definition) is 0. The van der Waals surface area contributed by atoms with Crippen LogP contribution in [0.25, 0.3) is 0 Å². The van der Waals surface area contributed by atoms with Crippen LogP contribution in [-0.2, 0) is 0 Å². The highest BCUT2D eigenvalue weighted by Gasteiger charge is 2.51. The van der Waals surface area contributed by atoms with Gasteiger partial charge in [0, 0.05) is 0 Å². The maximum absolute atomic E-state index is 2.32. The zero-order valence-electron chi connectivity index (χ0n) is 18.8. The molecular weight excluding hydrogens is 324 g/mol. The quantitative estimate of drug-likeness (QED) is 0.281. The van der Waals surface area contributed by atoms with Crippen molar-refractivity contribution in [3.63, 3.8) is 0 Å². The van der Waals surface area contributed by atoms with Crippen LogP contribution >= 0.6 is 0 Å². The van der Waals surface area contributed by atoms with Gasteiger partial charge in [0.1, 0.15) is 0 Å². The van der Waals surface area contributed by atoms with E-state index in [1.165, 1.54) is 51.4 Å². The molecule has 0 aliphatic heterocycles. The molecule has 0 nitrogen and oxygen atoms in total. The van der Waals surface area contributed by atoms with Gasteiger partial charge in [-0.2, -0.15) is 0 Å². The van der Waals surface area contributed by atoms with Gasteiger partial charge in [-0.3, -0.25) is 0 Å². The summed E-state index contributed by atoms with van der Waals surface area (Å²) in [6, 6.07) is 0. The van der Waals surface area contributed by atoms with Gasteiger partial charge in [0.05, 0.1) is 0 Å². The van der Waals surface area contributed by atoms with Gasteiger partial charge in [-0.05, 0) is 68.1 Å². The lowest BCUT2D eigenvalue weighted by atomic mass is 9.55. The summed E-state index contributed by atoms with van der Waals surface area (Å²) in [5, 5.41) is 0. The van der Waals surface area contributed by atoms with Crippen molar-refractivity contribution in [3.8, 4) is 0 Å². The van der Waals surface area contributed by atoms with Crippen molar-refractivity contribution >= 4 is 0 Å². The molecule has 0 spiro atoms. The molecule has 3 aliphatic carbocycles. The fraction of sp³-hybridized carbons (Fsp3) is 1.00. The molecule has 0 unspecified atom stereocenters. The van der Waals surface area contributed by atoms with Gasteiger partial charge in [0.2, 0.25) is 0 Å². The maximum Gasteiger partial charge on any atom is -0.0213 e. The summed E-state index contributed by atoms with van der Waals surface area (Å²) in [5.74, 6) is 3.33. The first-order chi connectivity index (χ1) is 13.4. The van der Waals surface area contributed by atoms with Crippen molar-refractivity contribution in [1.82, 2.24) is 0 Å². The Morgan fingerprint density at radius 2 is 0.815 bits per heavy atom. The van der Waals surface area contributed by atoms with Crippen LogP contribution in [-0.4, -0.2) is 0 Å². The van der Waals surface area contributed by atoms with E-state index < -0.39 is 0 Å². The third kappa shape index (κ3) is 5.76. The van der Waals surface area contributed by atoms with Gasteiger partial charge in [-0.15, -0.1) is 0 Å². The number of rotatable bonds is 13. The van der Waals surface area contributed by atoms with E-state index in [1.54, 1.807) is 89.9 Å². The largest absolute Gasteiger partial charge is 0.0654 e. The predicted octanol–water partition coefficient (Wildman–Crippen LogP) is 9.46.